The molecule has 0 N–H and O–H groups in total. The summed E-state index contributed by atoms with van der Waals surface area (Å²) < 4.78 is 26.0. The predicted octanol–water partition coefficient (Wildman–Crippen LogP) is 4.63. The molecule has 4 heteroatoms. The maximum Gasteiger partial charge on any atom is 0.123 e. The van der Waals surface area contributed by atoms with Crippen LogP contribution >= 0.6 is 15.9 Å². The van der Waals surface area contributed by atoms with Gasteiger partial charge in [-0.3, -0.25) is 0 Å². The van der Waals surface area contributed by atoms with E-state index in [1.165, 1.54) is 24.3 Å². The van der Waals surface area contributed by atoms with Crippen LogP contribution in [-0.2, 0) is 5.33 Å². The Morgan fingerprint density at radius 2 is 1.61 bits per heavy atom. The summed E-state index contributed by atoms with van der Waals surface area (Å²) in [5, 5.41) is 0.561. The van der Waals surface area contributed by atoms with Gasteiger partial charge in [0.15, 0.2) is 0 Å². The molecular formula is C14H12BrF2N. The fourth-order valence-electron chi connectivity index (χ4n) is 1.79. The third kappa shape index (κ3) is 2.70. The molecule has 94 valence electrons. The van der Waals surface area contributed by atoms with E-state index in [4.69, 9.17) is 0 Å². The van der Waals surface area contributed by atoms with Crippen LogP contribution in [0, 0.1) is 11.6 Å². The van der Waals surface area contributed by atoms with Gasteiger partial charge < -0.3 is 4.90 Å². The summed E-state index contributed by atoms with van der Waals surface area (Å²) >= 11 is 3.34. The Bertz CT molecular complexity index is 540. The Balaban J connectivity index is 2.39. The number of alkyl halides is 1. The first-order chi connectivity index (χ1) is 8.61. The highest BCUT2D eigenvalue weighted by Gasteiger charge is 2.09. The third-order valence-electron chi connectivity index (χ3n) is 2.76. The maximum atomic E-state index is 13.2. The lowest BCUT2D eigenvalue weighted by Gasteiger charge is -2.22. The van der Waals surface area contributed by atoms with Crippen LogP contribution < -0.4 is 4.90 Å². The van der Waals surface area contributed by atoms with Crippen LogP contribution in [0.2, 0.25) is 0 Å². The highest BCUT2D eigenvalue weighted by atomic mass is 79.9. The van der Waals surface area contributed by atoms with Crippen molar-refractivity contribution in [1.82, 2.24) is 0 Å². The Morgan fingerprint density at radius 3 is 2.22 bits per heavy atom. The first-order valence-corrected chi connectivity index (χ1v) is 6.57. The van der Waals surface area contributed by atoms with Crippen LogP contribution in [0.1, 0.15) is 5.56 Å². The first kappa shape index (κ1) is 13.0. The summed E-state index contributed by atoms with van der Waals surface area (Å²) in [5.74, 6) is -0.535. The third-order valence-corrected chi connectivity index (χ3v) is 3.36. The van der Waals surface area contributed by atoms with Crippen molar-refractivity contribution >= 4 is 27.3 Å². The van der Waals surface area contributed by atoms with E-state index in [9.17, 15) is 8.78 Å². The van der Waals surface area contributed by atoms with Crippen molar-refractivity contribution in [3.8, 4) is 0 Å². The Kier molecular flexibility index (Phi) is 3.97. The van der Waals surface area contributed by atoms with Crippen molar-refractivity contribution in [2.45, 2.75) is 5.33 Å². The molecular weight excluding hydrogens is 300 g/mol. The van der Waals surface area contributed by atoms with Crippen LogP contribution in [0.25, 0.3) is 0 Å². The van der Waals surface area contributed by atoms with Gasteiger partial charge in [-0.2, -0.15) is 0 Å². The monoisotopic (exact) mass is 311 g/mol. The van der Waals surface area contributed by atoms with Crippen LogP contribution in [-0.4, -0.2) is 7.05 Å². The van der Waals surface area contributed by atoms with Crippen LogP contribution in [0.15, 0.2) is 42.5 Å². The fraction of sp³-hybridized carbons (Fsp3) is 0.143. The molecule has 18 heavy (non-hydrogen) atoms. The second kappa shape index (κ2) is 5.48. The number of benzene rings is 2. The van der Waals surface area contributed by atoms with E-state index in [1.54, 1.807) is 18.2 Å². The minimum absolute atomic E-state index is 0.263. The van der Waals surface area contributed by atoms with Gasteiger partial charge in [0.1, 0.15) is 11.6 Å². The molecule has 2 rings (SSSR count). The molecule has 0 fully saturated rings. The molecule has 0 aliphatic heterocycles. The summed E-state index contributed by atoms with van der Waals surface area (Å²) in [6.07, 6.45) is 0. The van der Waals surface area contributed by atoms with Crippen LogP contribution in [0.5, 0.6) is 0 Å². The van der Waals surface area contributed by atoms with Crippen molar-refractivity contribution in [2.24, 2.45) is 0 Å². The van der Waals surface area contributed by atoms with E-state index in [2.05, 4.69) is 15.9 Å². The molecule has 0 atom stereocenters. The normalized spacial score (nSPS) is 10.4. The molecule has 0 aliphatic carbocycles. The van der Waals surface area contributed by atoms with Crippen molar-refractivity contribution in [1.29, 1.82) is 0 Å². The van der Waals surface area contributed by atoms with Gasteiger partial charge in [-0.15, -0.1) is 0 Å². The zero-order valence-corrected chi connectivity index (χ0v) is 11.4. The van der Waals surface area contributed by atoms with E-state index in [-0.39, 0.29) is 11.6 Å². The first-order valence-electron chi connectivity index (χ1n) is 5.45. The Labute approximate surface area is 113 Å². The van der Waals surface area contributed by atoms with Crippen molar-refractivity contribution < 1.29 is 8.78 Å². The largest absolute Gasteiger partial charge is 0.344 e. The number of anilines is 2. The topological polar surface area (TPSA) is 3.24 Å². The minimum atomic E-state index is -0.271. The number of hydrogen-bond donors (Lipinski definition) is 0. The molecule has 0 saturated carbocycles. The zero-order chi connectivity index (χ0) is 13.1. The number of rotatable bonds is 3. The molecule has 0 heterocycles. The second-order valence-corrected chi connectivity index (χ2v) is 4.50. The summed E-state index contributed by atoms with van der Waals surface area (Å²) in [5.41, 5.74) is 2.59. The number of hydrogen-bond acceptors (Lipinski definition) is 1. The standard InChI is InChI=1S/C14H12BrF2N/c1-18(13-5-2-11(16)3-6-13)14-7-4-12(17)8-10(14)9-15/h2-8H,9H2,1H3. The molecule has 0 saturated heterocycles. The number of halogens is 3. The SMILES string of the molecule is CN(c1ccc(F)cc1)c1ccc(F)cc1CBr. The quantitative estimate of drug-likeness (QED) is 0.747. The minimum Gasteiger partial charge on any atom is -0.344 e. The molecule has 2 aromatic carbocycles. The zero-order valence-electron chi connectivity index (χ0n) is 9.83. The van der Waals surface area contributed by atoms with Crippen LogP contribution in [0.3, 0.4) is 0 Å². The van der Waals surface area contributed by atoms with Gasteiger partial charge in [0, 0.05) is 23.8 Å². The lowest BCUT2D eigenvalue weighted by atomic mass is 10.1. The molecule has 2 aromatic rings. The highest BCUT2D eigenvalue weighted by molar-refractivity contribution is 9.08. The van der Waals surface area contributed by atoms with Crippen molar-refractivity contribution in [3.05, 3.63) is 59.7 Å². The maximum absolute atomic E-state index is 13.2. The van der Waals surface area contributed by atoms with E-state index in [0.29, 0.717) is 5.33 Å². The summed E-state index contributed by atoms with van der Waals surface area (Å²) in [7, 11) is 1.87. The molecule has 0 aliphatic rings. The van der Waals surface area contributed by atoms with E-state index in [0.717, 1.165) is 16.9 Å². The predicted molar refractivity (Wildman–Crippen MR) is 73.5 cm³/mol. The Hall–Kier alpha value is -1.42. The van der Waals surface area contributed by atoms with Gasteiger partial charge in [-0.1, -0.05) is 15.9 Å². The van der Waals surface area contributed by atoms with Gasteiger partial charge in [0.05, 0.1) is 0 Å². The Morgan fingerprint density at radius 1 is 1.00 bits per heavy atom. The molecule has 0 radical (unpaired) electrons. The lowest BCUT2D eigenvalue weighted by Crippen LogP contribution is -2.11. The van der Waals surface area contributed by atoms with Crippen LogP contribution in [0.4, 0.5) is 20.2 Å². The van der Waals surface area contributed by atoms with E-state index >= 15 is 0 Å². The number of nitrogens with zero attached hydrogens (tertiary/aromatic N) is 1. The summed E-state index contributed by atoms with van der Waals surface area (Å²) in [6, 6.07) is 10.8. The molecule has 0 bridgehead atoms. The average Bonchev–Trinajstić information content (AvgIpc) is 2.38. The summed E-state index contributed by atoms with van der Waals surface area (Å²) in [4.78, 5) is 1.90. The van der Waals surface area contributed by atoms with E-state index < -0.39 is 0 Å². The van der Waals surface area contributed by atoms with Gasteiger partial charge in [-0.05, 0) is 48.0 Å². The van der Waals surface area contributed by atoms with E-state index in [1.807, 2.05) is 11.9 Å². The van der Waals surface area contributed by atoms with Gasteiger partial charge in [0.25, 0.3) is 0 Å². The van der Waals surface area contributed by atoms with Gasteiger partial charge in [-0.25, -0.2) is 8.78 Å². The smallest absolute Gasteiger partial charge is 0.123 e. The fourth-order valence-corrected chi connectivity index (χ4v) is 2.24. The highest BCUT2D eigenvalue weighted by Crippen LogP contribution is 2.29. The van der Waals surface area contributed by atoms with Crippen molar-refractivity contribution in [2.75, 3.05) is 11.9 Å². The second-order valence-electron chi connectivity index (χ2n) is 3.94. The molecule has 0 spiro atoms. The average molecular weight is 312 g/mol. The molecule has 0 amide bonds. The lowest BCUT2D eigenvalue weighted by molar-refractivity contribution is 0.626. The van der Waals surface area contributed by atoms with Gasteiger partial charge in [0.2, 0.25) is 0 Å². The van der Waals surface area contributed by atoms with Gasteiger partial charge >= 0.3 is 0 Å². The molecule has 1 nitrogen and oxygen atoms in total. The molecule has 0 unspecified atom stereocenters. The van der Waals surface area contributed by atoms with Crippen molar-refractivity contribution in [3.63, 3.8) is 0 Å². The summed E-state index contributed by atoms with van der Waals surface area (Å²) in [6.45, 7) is 0. The molecule has 0 aromatic heterocycles.